The standard InChI is InChI=1S/C12H17ClN4O2/c13-10-3-7-15-12(16-10)17-11(18)4-8-19-9-1-5-14-6-2-9/h3,7,9,14H,1-2,4-6,8H2,(H,15,16,17,18). The third-order valence-electron chi connectivity index (χ3n) is 2.84. The number of ether oxygens (including phenoxy) is 1. The average molecular weight is 285 g/mol. The van der Waals surface area contributed by atoms with Gasteiger partial charge in [-0.2, -0.15) is 0 Å². The number of piperidine rings is 1. The van der Waals surface area contributed by atoms with E-state index in [1.54, 1.807) is 6.07 Å². The van der Waals surface area contributed by atoms with E-state index >= 15 is 0 Å². The maximum Gasteiger partial charge on any atom is 0.230 e. The summed E-state index contributed by atoms with van der Waals surface area (Å²) >= 11 is 5.70. The quantitative estimate of drug-likeness (QED) is 0.795. The van der Waals surface area contributed by atoms with E-state index in [0.717, 1.165) is 25.9 Å². The Morgan fingerprint density at radius 2 is 2.32 bits per heavy atom. The number of amides is 1. The van der Waals surface area contributed by atoms with Crippen molar-refractivity contribution in [2.45, 2.75) is 25.4 Å². The number of aromatic nitrogens is 2. The molecular formula is C12H17ClN4O2. The van der Waals surface area contributed by atoms with Crippen LogP contribution in [-0.4, -0.2) is 41.7 Å². The van der Waals surface area contributed by atoms with Crippen LogP contribution < -0.4 is 10.6 Å². The van der Waals surface area contributed by atoms with Gasteiger partial charge in [0.1, 0.15) is 5.15 Å². The predicted molar refractivity (Wildman–Crippen MR) is 72.1 cm³/mol. The molecule has 0 atom stereocenters. The van der Waals surface area contributed by atoms with E-state index in [2.05, 4.69) is 20.6 Å². The smallest absolute Gasteiger partial charge is 0.230 e. The lowest BCUT2D eigenvalue weighted by Crippen LogP contribution is -2.33. The molecule has 0 spiro atoms. The van der Waals surface area contributed by atoms with E-state index in [4.69, 9.17) is 16.3 Å². The lowest BCUT2D eigenvalue weighted by atomic mass is 10.1. The van der Waals surface area contributed by atoms with Gasteiger partial charge in [0.25, 0.3) is 0 Å². The van der Waals surface area contributed by atoms with E-state index in [-0.39, 0.29) is 18.0 Å². The maximum atomic E-state index is 11.6. The molecule has 1 saturated heterocycles. The number of halogens is 1. The van der Waals surface area contributed by atoms with Crippen LogP contribution in [0.1, 0.15) is 19.3 Å². The number of carbonyl (C=O) groups is 1. The zero-order chi connectivity index (χ0) is 13.5. The third-order valence-corrected chi connectivity index (χ3v) is 3.05. The lowest BCUT2D eigenvalue weighted by Gasteiger charge is -2.22. The molecular weight excluding hydrogens is 268 g/mol. The van der Waals surface area contributed by atoms with Crippen molar-refractivity contribution in [3.05, 3.63) is 17.4 Å². The van der Waals surface area contributed by atoms with Crippen LogP contribution in [0.25, 0.3) is 0 Å². The molecule has 1 aliphatic heterocycles. The Bertz CT molecular complexity index is 424. The summed E-state index contributed by atoms with van der Waals surface area (Å²) in [6, 6.07) is 1.55. The van der Waals surface area contributed by atoms with Gasteiger partial charge in [-0.1, -0.05) is 11.6 Å². The molecule has 1 aromatic rings. The molecule has 0 saturated carbocycles. The molecule has 0 radical (unpaired) electrons. The van der Waals surface area contributed by atoms with Gasteiger partial charge in [0.2, 0.25) is 11.9 Å². The van der Waals surface area contributed by atoms with Crippen molar-refractivity contribution in [3.63, 3.8) is 0 Å². The van der Waals surface area contributed by atoms with Crippen LogP contribution in [0.2, 0.25) is 5.15 Å². The van der Waals surface area contributed by atoms with E-state index in [1.807, 2.05) is 0 Å². The second kappa shape index (κ2) is 7.37. The molecule has 1 fully saturated rings. The first kappa shape index (κ1) is 14.2. The van der Waals surface area contributed by atoms with Gasteiger partial charge < -0.3 is 10.1 Å². The lowest BCUT2D eigenvalue weighted by molar-refractivity contribution is -0.117. The van der Waals surface area contributed by atoms with Gasteiger partial charge in [0, 0.05) is 6.20 Å². The van der Waals surface area contributed by atoms with Gasteiger partial charge in [-0.25, -0.2) is 9.97 Å². The van der Waals surface area contributed by atoms with Gasteiger partial charge in [0.15, 0.2) is 0 Å². The fourth-order valence-corrected chi connectivity index (χ4v) is 2.00. The molecule has 6 nitrogen and oxygen atoms in total. The summed E-state index contributed by atoms with van der Waals surface area (Å²) in [5, 5.41) is 6.15. The van der Waals surface area contributed by atoms with Crippen LogP contribution >= 0.6 is 11.6 Å². The SMILES string of the molecule is O=C(CCOC1CCNCC1)Nc1nccc(Cl)n1. The Hall–Kier alpha value is -1.24. The van der Waals surface area contributed by atoms with Crippen molar-refractivity contribution >= 4 is 23.5 Å². The van der Waals surface area contributed by atoms with E-state index < -0.39 is 0 Å². The summed E-state index contributed by atoms with van der Waals surface area (Å²) in [6.45, 7) is 2.37. The molecule has 1 amide bonds. The Kier molecular flexibility index (Phi) is 5.50. The number of hydrogen-bond acceptors (Lipinski definition) is 5. The van der Waals surface area contributed by atoms with E-state index in [9.17, 15) is 4.79 Å². The van der Waals surface area contributed by atoms with Gasteiger partial charge in [0.05, 0.1) is 19.1 Å². The van der Waals surface area contributed by atoms with Gasteiger partial charge in [-0.15, -0.1) is 0 Å². The molecule has 2 heterocycles. The van der Waals surface area contributed by atoms with E-state index in [1.165, 1.54) is 6.20 Å². The molecule has 0 aromatic carbocycles. The first-order valence-corrected chi connectivity index (χ1v) is 6.72. The molecule has 0 unspecified atom stereocenters. The Morgan fingerprint density at radius 1 is 1.53 bits per heavy atom. The minimum Gasteiger partial charge on any atom is -0.378 e. The highest BCUT2D eigenvalue weighted by Gasteiger charge is 2.13. The zero-order valence-electron chi connectivity index (χ0n) is 10.6. The minimum atomic E-state index is -0.170. The molecule has 2 rings (SSSR count). The van der Waals surface area contributed by atoms with Crippen molar-refractivity contribution in [3.8, 4) is 0 Å². The monoisotopic (exact) mass is 284 g/mol. The number of nitrogens with one attached hydrogen (secondary N) is 2. The first-order valence-electron chi connectivity index (χ1n) is 6.35. The molecule has 104 valence electrons. The average Bonchev–Trinajstić information content (AvgIpc) is 2.40. The van der Waals surface area contributed by atoms with Crippen LogP contribution in [0.4, 0.5) is 5.95 Å². The predicted octanol–water partition coefficient (Wildman–Crippen LogP) is 1.23. The number of rotatable bonds is 5. The number of carbonyl (C=O) groups excluding carboxylic acids is 1. The summed E-state index contributed by atoms with van der Waals surface area (Å²) in [5.41, 5.74) is 0. The van der Waals surface area contributed by atoms with Crippen molar-refractivity contribution in [2.24, 2.45) is 0 Å². The fraction of sp³-hybridized carbons (Fsp3) is 0.583. The zero-order valence-corrected chi connectivity index (χ0v) is 11.3. The largest absolute Gasteiger partial charge is 0.378 e. The Morgan fingerprint density at radius 3 is 3.05 bits per heavy atom. The fourth-order valence-electron chi connectivity index (χ4n) is 1.86. The second-order valence-corrected chi connectivity index (χ2v) is 4.71. The highest BCUT2D eigenvalue weighted by atomic mass is 35.5. The molecule has 7 heteroatoms. The number of nitrogens with zero attached hydrogens (tertiary/aromatic N) is 2. The van der Waals surface area contributed by atoms with Gasteiger partial charge in [-0.05, 0) is 32.0 Å². The van der Waals surface area contributed by atoms with Crippen LogP contribution in [-0.2, 0) is 9.53 Å². The highest BCUT2D eigenvalue weighted by molar-refractivity contribution is 6.29. The summed E-state index contributed by atoms with van der Waals surface area (Å²) < 4.78 is 5.65. The number of hydrogen-bond donors (Lipinski definition) is 2. The Labute approximate surface area is 116 Å². The third kappa shape index (κ3) is 5.10. The summed E-state index contributed by atoms with van der Waals surface area (Å²) in [5.74, 6) is 0.0515. The maximum absolute atomic E-state index is 11.6. The second-order valence-electron chi connectivity index (χ2n) is 4.32. The van der Waals surface area contributed by atoms with Gasteiger partial charge >= 0.3 is 0 Å². The molecule has 1 aliphatic rings. The number of anilines is 1. The normalized spacial score (nSPS) is 16.3. The van der Waals surface area contributed by atoms with Crippen LogP contribution in [0, 0.1) is 0 Å². The first-order chi connectivity index (χ1) is 9.24. The van der Waals surface area contributed by atoms with Crippen LogP contribution in [0.15, 0.2) is 12.3 Å². The molecule has 2 N–H and O–H groups in total. The van der Waals surface area contributed by atoms with Crippen molar-refractivity contribution < 1.29 is 9.53 Å². The molecule has 0 bridgehead atoms. The topological polar surface area (TPSA) is 76.1 Å². The van der Waals surface area contributed by atoms with Crippen LogP contribution in [0.3, 0.4) is 0 Å². The van der Waals surface area contributed by atoms with E-state index in [0.29, 0.717) is 18.2 Å². The van der Waals surface area contributed by atoms with Crippen LogP contribution in [0.5, 0.6) is 0 Å². The summed E-state index contributed by atoms with van der Waals surface area (Å²) in [6.07, 6.45) is 4.05. The highest BCUT2D eigenvalue weighted by Crippen LogP contribution is 2.08. The molecule has 0 aliphatic carbocycles. The summed E-state index contributed by atoms with van der Waals surface area (Å²) in [4.78, 5) is 19.4. The minimum absolute atomic E-state index is 0.170. The molecule has 1 aromatic heterocycles. The van der Waals surface area contributed by atoms with Crippen molar-refractivity contribution in [1.29, 1.82) is 0 Å². The molecule has 19 heavy (non-hydrogen) atoms. The van der Waals surface area contributed by atoms with Crippen molar-refractivity contribution in [1.82, 2.24) is 15.3 Å². The van der Waals surface area contributed by atoms with Crippen molar-refractivity contribution in [2.75, 3.05) is 25.0 Å². The summed E-state index contributed by atoms with van der Waals surface area (Å²) in [7, 11) is 0. The van der Waals surface area contributed by atoms with Gasteiger partial charge in [-0.3, -0.25) is 10.1 Å². The Balaban J connectivity index is 1.67.